The van der Waals surface area contributed by atoms with Gasteiger partial charge in [0.25, 0.3) is 11.7 Å². The van der Waals surface area contributed by atoms with Crippen LogP contribution in [0.25, 0.3) is 5.76 Å². The van der Waals surface area contributed by atoms with Gasteiger partial charge in [-0.15, -0.1) is 0 Å². The number of rotatable bonds is 13. The van der Waals surface area contributed by atoms with E-state index in [0.29, 0.717) is 48.9 Å². The van der Waals surface area contributed by atoms with E-state index in [0.717, 1.165) is 43.7 Å². The Bertz CT molecular complexity index is 1250. The zero-order valence-electron chi connectivity index (χ0n) is 24.4. The lowest BCUT2D eigenvalue weighted by Crippen LogP contribution is -2.38. The summed E-state index contributed by atoms with van der Waals surface area (Å²) in [4.78, 5) is 30.8. The van der Waals surface area contributed by atoms with Crippen molar-refractivity contribution < 1.29 is 28.9 Å². The van der Waals surface area contributed by atoms with E-state index in [-0.39, 0.29) is 17.4 Å². The van der Waals surface area contributed by atoms with Gasteiger partial charge in [-0.2, -0.15) is 0 Å². The maximum absolute atomic E-state index is 13.5. The Kier molecular flexibility index (Phi) is 9.74. The molecule has 2 atom stereocenters. The third kappa shape index (κ3) is 6.12. The molecule has 1 saturated heterocycles. The third-order valence-corrected chi connectivity index (χ3v) is 7.60. The number of hydrogen-bond donors (Lipinski definition) is 1. The smallest absolute Gasteiger partial charge is 0.295 e. The lowest BCUT2D eigenvalue weighted by molar-refractivity contribution is -0.140. The van der Waals surface area contributed by atoms with Crippen molar-refractivity contribution in [2.45, 2.75) is 66.0 Å². The number of likely N-dealkylation sites (tertiary alicyclic amines) is 1. The fourth-order valence-electron chi connectivity index (χ4n) is 5.38. The number of ether oxygens (including phenoxy) is 3. The van der Waals surface area contributed by atoms with E-state index in [1.54, 1.807) is 11.0 Å². The molecule has 8 nitrogen and oxygen atoms in total. The van der Waals surface area contributed by atoms with Crippen LogP contribution in [0.5, 0.6) is 17.2 Å². The van der Waals surface area contributed by atoms with Gasteiger partial charge in [-0.05, 0) is 74.8 Å². The second-order valence-corrected chi connectivity index (χ2v) is 10.3. The number of fused-ring (bicyclic) bond motifs is 1. The number of hydrogen-bond acceptors (Lipinski definition) is 7. The Morgan fingerprint density at radius 1 is 1.05 bits per heavy atom. The minimum absolute atomic E-state index is 0.0492. The van der Waals surface area contributed by atoms with Gasteiger partial charge in [0.05, 0.1) is 24.8 Å². The molecule has 0 bridgehead atoms. The van der Waals surface area contributed by atoms with E-state index in [9.17, 15) is 14.7 Å². The van der Waals surface area contributed by atoms with Crippen LogP contribution in [0.2, 0.25) is 0 Å². The summed E-state index contributed by atoms with van der Waals surface area (Å²) in [5, 5.41) is 11.6. The average Bonchev–Trinajstić information content (AvgIpc) is 3.45. The van der Waals surface area contributed by atoms with Gasteiger partial charge < -0.3 is 29.1 Å². The molecule has 1 amide bonds. The number of carbonyl (C=O) groups excluding carboxylic acids is 2. The standard InChI is InChI=1S/C32H42N2O6/c1-6-10-17-39-26-14-11-22(20-27(26)38-9-4)29-28(31(36)32(37)34(29)16-15-33(7-2)8-3)30(35)23-12-13-25-24(19-23)18-21(5)40-25/h11-14,19-21,29,35H,6-10,15-18H2,1-5H3/t21-,29+/m1/s1. The van der Waals surface area contributed by atoms with Crippen LogP contribution in [0.4, 0.5) is 0 Å². The molecular formula is C32H42N2O6. The van der Waals surface area contributed by atoms with Crippen LogP contribution >= 0.6 is 0 Å². The van der Waals surface area contributed by atoms with Gasteiger partial charge in [0.1, 0.15) is 17.6 Å². The van der Waals surface area contributed by atoms with Crippen molar-refractivity contribution in [2.24, 2.45) is 0 Å². The van der Waals surface area contributed by atoms with Crippen molar-refractivity contribution in [1.29, 1.82) is 0 Å². The fraction of sp³-hybridized carbons (Fsp3) is 0.500. The van der Waals surface area contributed by atoms with Crippen molar-refractivity contribution in [3.8, 4) is 17.2 Å². The normalized spacial score (nSPS) is 19.7. The maximum atomic E-state index is 13.5. The molecule has 1 N–H and O–H groups in total. The van der Waals surface area contributed by atoms with Gasteiger partial charge in [0.2, 0.25) is 0 Å². The number of aliphatic hydroxyl groups is 1. The van der Waals surface area contributed by atoms with E-state index in [1.807, 2.05) is 44.2 Å². The van der Waals surface area contributed by atoms with Crippen molar-refractivity contribution in [2.75, 3.05) is 39.4 Å². The van der Waals surface area contributed by atoms with E-state index < -0.39 is 17.7 Å². The quantitative estimate of drug-likeness (QED) is 0.156. The lowest BCUT2D eigenvalue weighted by atomic mass is 9.94. The average molecular weight is 551 g/mol. The number of benzene rings is 2. The number of carbonyl (C=O) groups is 2. The van der Waals surface area contributed by atoms with E-state index in [1.165, 1.54) is 0 Å². The molecule has 0 spiro atoms. The molecule has 2 aromatic rings. The Labute approximate surface area is 237 Å². The minimum Gasteiger partial charge on any atom is -0.507 e. The summed E-state index contributed by atoms with van der Waals surface area (Å²) in [6, 6.07) is 10.2. The lowest BCUT2D eigenvalue weighted by Gasteiger charge is -2.28. The summed E-state index contributed by atoms with van der Waals surface area (Å²) >= 11 is 0. The molecule has 2 aliphatic rings. The molecule has 2 aromatic carbocycles. The molecular weight excluding hydrogens is 508 g/mol. The molecule has 0 aliphatic carbocycles. The molecule has 2 heterocycles. The van der Waals surface area contributed by atoms with Gasteiger partial charge in [-0.1, -0.05) is 33.3 Å². The number of likely N-dealkylation sites (N-methyl/N-ethyl adjacent to an activating group) is 1. The van der Waals surface area contributed by atoms with Crippen LogP contribution in [0, 0.1) is 0 Å². The number of unbranched alkanes of at least 4 members (excludes halogenated alkanes) is 1. The summed E-state index contributed by atoms with van der Waals surface area (Å²) in [5.41, 5.74) is 2.23. The first-order valence-corrected chi connectivity index (χ1v) is 14.5. The summed E-state index contributed by atoms with van der Waals surface area (Å²) in [7, 11) is 0. The predicted octanol–water partition coefficient (Wildman–Crippen LogP) is 5.35. The van der Waals surface area contributed by atoms with Crippen molar-refractivity contribution >= 4 is 17.4 Å². The predicted molar refractivity (Wildman–Crippen MR) is 155 cm³/mol. The largest absolute Gasteiger partial charge is 0.507 e. The van der Waals surface area contributed by atoms with Crippen molar-refractivity contribution in [3.63, 3.8) is 0 Å². The molecule has 0 aromatic heterocycles. The molecule has 1 fully saturated rings. The first-order chi connectivity index (χ1) is 19.3. The van der Waals surface area contributed by atoms with Crippen molar-refractivity contribution in [1.82, 2.24) is 9.80 Å². The summed E-state index contributed by atoms with van der Waals surface area (Å²) in [6.07, 6.45) is 2.70. The first-order valence-electron chi connectivity index (χ1n) is 14.5. The zero-order valence-corrected chi connectivity index (χ0v) is 24.4. The Morgan fingerprint density at radius 3 is 2.52 bits per heavy atom. The summed E-state index contributed by atoms with van der Waals surface area (Å²) in [6.45, 7) is 13.8. The van der Waals surface area contributed by atoms with Gasteiger partial charge >= 0.3 is 0 Å². The molecule has 40 heavy (non-hydrogen) atoms. The van der Waals surface area contributed by atoms with Crippen LogP contribution < -0.4 is 14.2 Å². The monoisotopic (exact) mass is 550 g/mol. The van der Waals surface area contributed by atoms with E-state index in [4.69, 9.17) is 14.2 Å². The second-order valence-electron chi connectivity index (χ2n) is 10.3. The zero-order chi connectivity index (χ0) is 28.8. The summed E-state index contributed by atoms with van der Waals surface area (Å²) < 4.78 is 17.7. The highest BCUT2D eigenvalue weighted by Crippen LogP contribution is 2.42. The molecule has 2 aliphatic heterocycles. The van der Waals surface area contributed by atoms with Crippen molar-refractivity contribution in [3.05, 3.63) is 58.7 Å². The van der Waals surface area contributed by atoms with Gasteiger partial charge in [0.15, 0.2) is 11.5 Å². The molecule has 4 rings (SSSR count). The molecule has 216 valence electrons. The highest BCUT2D eigenvalue weighted by Gasteiger charge is 2.46. The molecule has 0 unspecified atom stereocenters. The van der Waals surface area contributed by atoms with Crippen LogP contribution in [0.15, 0.2) is 42.0 Å². The van der Waals surface area contributed by atoms with Crippen LogP contribution in [-0.4, -0.2) is 72.1 Å². The van der Waals surface area contributed by atoms with Gasteiger partial charge in [0, 0.05) is 25.1 Å². The number of amides is 1. The number of nitrogens with zero attached hydrogens (tertiary/aromatic N) is 2. The molecule has 8 heteroatoms. The Hall–Kier alpha value is -3.52. The third-order valence-electron chi connectivity index (χ3n) is 7.60. The van der Waals surface area contributed by atoms with Crippen LogP contribution in [0.1, 0.15) is 70.2 Å². The first kappa shape index (κ1) is 29.5. The summed E-state index contributed by atoms with van der Waals surface area (Å²) in [5.74, 6) is 0.463. The minimum atomic E-state index is -0.761. The van der Waals surface area contributed by atoms with Gasteiger partial charge in [-0.3, -0.25) is 9.59 Å². The molecule has 0 radical (unpaired) electrons. The van der Waals surface area contributed by atoms with E-state index in [2.05, 4.69) is 25.7 Å². The fourth-order valence-corrected chi connectivity index (χ4v) is 5.38. The highest BCUT2D eigenvalue weighted by molar-refractivity contribution is 6.46. The Balaban J connectivity index is 1.79. The van der Waals surface area contributed by atoms with E-state index >= 15 is 0 Å². The number of Topliss-reactive ketones (excluding diaryl/α,β-unsaturated/α-hetero) is 1. The molecule has 0 saturated carbocycles. The second kappa shape index (κ2) is 13.2. The SMILES string of the molecule is CCCCOc1ccc([C@H]2C(=C(O)c3ccc4c(c3)C[C@@H](C)O4)C(=O)C(=O)N2CCN(CC)CC)cc1OCC. The van der Waals surface area contributed by atoms with Gasteiger partial charge in [-0.25, -0.2) is 0 Å². The maximum Gasteiger partial charge on any atom is 0.295 e. The highest BCUT2D eigenvalue weighted by atomic mass is 16.5. The number of ketones is 1. The topological polar surface area (TPSA) is 88.5 Å². The van der Waals surface area contributed by atoms with Crippen LogP contribution in [0.3, 0.4) is 0 Å². The Morgan fingerprint density at radius 2 is 1.82 bits per heavy atom. The van der Waals surface area contributed by atoms with Crippen LogP contribution in [-0.2, 0) is 16.0 Å². The number of aliphatic hydroxyl groups excluding tert-OH is 1.